The van der Waals surface area contributed by atoms with E-state index in [-0.39, 0.29) is 6.10 Å². The summed E-state index contributed by atoms with van der Waals surface area (Å²) in [6.07, 6.45) is 2.47. The van der Waals surface area contributed by atoms with Crippen molar-refractivity contribution in [3.8, 4) is 17.2 Å². The number of ether oxygens (including phenoxy) is 1. The Hall–Kier alpha value is -3.28. The molecule has 0 saturated carbocycles. The van der Waals surface area contributed by atoms with Gasteiger partial charge in [0.05, 0.1) is 11.8 Å². The Morgan fingerprint density at radius 3 is 2.54 bits per heavy atom. The highest BCUT2D eigenvalue weighted by Crippen LogP contribution is 2.19. The average molecular weight is 378 g/mol. The van der Waals surface area contributed by atoms with Gasteiger partial charge in [0, 0.05) is 24.2 Å². The monoisotopic (exact) mass is 378 g/mol. The zero-order valence-corrected chi connectivity index (χ0v) is 16.5. The molecule has 6 heteroatoms. The van der Waals surface area contributed by atoms with Gasteiger partial charge in [0.15, 0.2) is 5.96 Å². The van der Waals surface area contributed by atoms with E-state index in [9.17, 15) is 0 Å². The number of aromatic nitrogens is 1. The van der Waals surface area contributed by atoms with Gasteiger partial charge in [-0.2, -0.15) is 0 Å². The highest BCUT2D eigenvalue weighted by molar-refractivity contribution is 5.92. The molecular weight excluding hydrogens is 352 g/mol. The molecule has 0 bridgehead atoms. The van der Waals surface area contributed by atoms with Gasteiger partial charge in [0.2, 0.25) is 5.89 Å². The van der Waals surface area contributed by atoms with Crippen LogP contribution < -0.4 is 15.8 Å². The van der Waals surface area contributed by atoms with Gasteiger partial charge in [-0.25, -0.2) is 4.98 Å². The molecule has 3 N–H and O–H groups in total. The predicted molar refractivity (Wildman–Crippen MR) is 113 cm³/mol. The minimum absolute atomic E-state index is 0.147. The Morgan fingerprint density at radius 2 is 1.86 bits per heavy atom. The maximum atomic E-state index is 5.96. The maximum Gasteiger partial charge on any atom is 0.226 e. The third kappa shape index (κ3) is 5.61. The number of oxazole rings is 1. The molecule has 3 aromatic rings. The van der Waals surface area contributed by atoms with E-state index in [1.807, 2.05) is 62.4 Å². The van der Waals surface area contributed by atoms with Crippen molar-refractivity contribution in [2.75, 3.05) is 11.9 Å². The molecule has 0 fully saturated rings. The number of benzene rings is 2. The molecule has 0 unspecified atom stereocenters. The molecule has 0 aliphatic carbocycles. The van der Waals surface area contributed by atoms with E-state index in [4.69, 9.17) is 14.9 Å². The molecule has 2 aromatic carbocycles. The number of nitrogens with zero attached hydrogens (tertiary/aromatic N) is 2. The van der Waals surface area contributed by atoms with Crippen LogP contribution in [-0.4, -0.2) is 23.6 Å². The summed E-state index contributed by atoms with van der Waals surface area (Å²) in [5, 5.41) is 3.07. The van der Waals surface area contributed by atoms with Crippen LogP contribution >= 0.6 is 0 Å². The van der Waals surface area contributed by atoms with E-state index in [1.165, 1.54) is 5.56 Å². The summed E-state index contributed by atoms with van der Waals surface area (Å²) in [7, 11) is 0. The first-order valence-corrected chi connectivity index (χ1v) is 9.35. The first kappa shape index (κ1) is 19.5. The maximum absolute atomic E-state index is 5.96. The summed E-state index contributed by atoms with van der Waals surface area (Å²) in [4.78, 5) is 8.86. The molecular formula is C22H26N4O2. The van der Waals surface area contributed by atoms with Gasteiger partial charge in [-0.1, -0.05) is 17.7 Å². The van der Waals surface area contributed by atoms with Crippen LogP contribution in [0.3, 0.4) is 0 Å². The first-order chi connectivity index (χ1) is 13.5. The lowest BCUT2D eigenvalue weighted by Crippen LogP contribution is -2.23. The number of rotatable bonds is 7. The summed E-state index contributed by atoms with van der Waals surface area (Å²) in [6, 6.07) is 15.7. The van der Waals surface area contributed by atoms with Crippen LogP contribution in [0, 0.1) is 6.92 Å². The van der Waals surface area contributed by atoms with Crippen LogP contribution in [0.1, 0.15) is 25.1 Å². The van der Waals surface area contributed by atoms with Crippen LogP contribution in [-0.2, 0) is 6.42 Å². The van der Waals surface area contributed by atoms with Gasteiger partial charge in [0.1, 0.15) is 12.0 Å². The van der Waals surface area contributed by atoms with E-state index < -0.39 is 0 Å². The summed E-state index contributed by atoms with van der Waals surface area (Å²) in [5.74, 6) is 1.81. The number of nitrogens with two attached hydrogens (primary N) is 1. The average Bonchev–Trinajstić information content (AvgIpc) is 3.12. The Balaban J connectivity index is 1.51. The van der Waals surface area contributed by atoms with Crippen LogP contribution in [0.4, 0.5) is 5.69 Å². The lowest BCUT2D eigenvalue weighted by atomic mass is 10.1. The normalized spacial score (nSPS) is 11.6. The van der Waals surface area contributed by atoms with E-state index in [0.29, 0.717) is 24.8 Å². The number of nitrogens with one attached hydrogen (secondary N) is 1. The molecule has 0 aliphatic heterocycles. The van der Waals surface area contributed by atoms with Crippen molar-refractivity contribution in [2.45, 2.75) is 33.3 Å². The second-order valence-electron chi connectivity index (χ2n) is 6.84. The van der Waals surface area contributed by atoms with Crippen molar-refractivity contribution >= 4 is 11.6 Å². The number of aliphatic imine (C=N–C) groups is 1. The number of aryl methyl sites for hydroxylation is 1. The van der Waals surface area contributed by atoms with Crippen LogP contribution in [0.5, 0.6) is 5.75 Å². The van der Waals surface area contributed by atoms with E-state index >= 15 is 0 Å². The number of anilines is 1. The Morgan fingerprint density at radius 1 is 1.14 bits per heavy atom. The topological polar surface area (TPSA) is 85.7 Å². The lowest BCUT2D eigenvalue weighted by Gasteiger charge is -2.10. The fourth-order valence-corrected chi connectivity index (χ4v) is 2.62. The predicted octanol–water partition coefficient (Wildman–Crippen LogP) is 4.41. The molecule has 28 heavy (non-hydrogen) atoms. The van der Waals surface area contributed by atoms with Gasteiger partial charge >= 0.3 is 0 Å². The molecule has 146 valence electrons. The SMILES string of the molecule is Cc1ccc(-c2nc(CCN=C(N)Nc3ccc(OC(C)C)cc3)co2)cc1. The Kier molecular flexibility index (Phi) is 6.32. The van der Waals surface area contributed by atoms with Gasteiger partial charge in [0.25, 0.3) is 0 Å². The first-order valence-electron chi connectivity index (χ1n) is 9.35. The van der Waals surface area contributed by atoms with Gasteiger partial charge in [-0.05, 0) is 57.2 Å². The standard InChI is InChI=1S/C22H26N4O2/c1-15(2)28-20-10-8-18(9-11-20)26-22(23)24-13-12-19-14-27-21(25-19)17-6-4-16(3)5-7-17/h4-11,14-15H,12-13H2,1-3H3,(H3,23,24,26). The smallest absolute Gasteiger partial charge is 0.226 e. The largest absolute Gasteiger partial charge is 0.491 e. The highest BCUT2D eigenvalue weighted by Gasteiger charge is 2.06. The Labute approximate surface area is 165 Å². The van der Waals surface area contributed by atoms with Crippen molar-refractivity contribution in [1.29, 1.82) is 0 Å². The van der Waals surface area contributed by atoms with Gasteiger partial charge in [-0.3, -0.25) is 4.99 Å². The molecule has 0 amide bonds. The summed E-state index contributed by atoms with van der Waals surface area (Å²) < 4.78 is 11.2. The second-order valence-corrected chi connectivity index (χ2v) is 6.84. The molecule has 0 radical (unpaired) electrons. The van der Waals surface area contributed by atoms with Crippen molar-refractivity contribution in [3.63, 3.8) is 0 Å². The van der Waals surface area contributed by atoms with Crippen molar-refractivity contribution < 1.29 is 9.15 Å². The van der Waals surface area contributed by atoms with Gasteiger partial charge in [-0.15, -0.1) is 0 Å². The molecule has 0 atom stereocenters. The summed E-state index contributed by atoms with van der Waals surface area (Å²) in [6.45, 7) is 6.56. The van der Waals surface area contributed by atoms with Gasteiger partial charge < -0.3 is 20.2 Å². The number of guanidine groups is 1. The molecule has 1 heterocycles. The molecule has 0 saturated heterocycles. The molecule has 0 spiro atoms. The molecule has 6 nitrogen and oxygen atoms in total. The van der Waals surface area contributed by atoms with E-state index in [0.717, 1.165) is 22.7 Å². The minimum Gasteiger partial charge on any atom is -0.491 e. The molecule has 0 aliphatic rings. The zero-order valence-electron chi connectivity index (χ0n) is 16.5. The van der Waals surface area contributed by atoms with Crippen LogP contribution in [0.25, 0.3) is 11.5 Å². The van der Waals surface area contributed by atoms with Crippen molar-refractivity contribution in [3.05, 3.63) is 66.1 Å². The van der Waals surface area contributed by atoms with Crippen molar-refractivity contribution in [2.24, 2.45) is 10.7 Å². The zero-order chi connectivity index (χ0) is 19.9. The van der Waals surface area contributed by atoms with E-state index in [2.05, 4.69) is 22.2 Å². The summed E-state index contributed by atoms with van der Waals surface area (Å²) in [5.41, 5.74) is 9.84. The highest BCUT2D eigenvalue weighted by atomic mass is 16.5. The number of hydrogen-bond acceptors (Lipinski definition) is 4. The third-order valence-electron chi connectivity index (χ3n) is 4.00. The van der Waals surface area contributed by atoms with Crippen LogP contribution in [0.2, 0.25) is 0 Å². The fraction of sp³-hybridized carbons (Fsp3) is 0.273. The minimum atomic E-state index is 0.147. The molecule has 1 aromatic heterocycles. The van der Waals surface area contributed by atoms with E-state index in [1.54, 1.807) is 6.26 Å². The Bertz CT molecular complexity index is 912. The third-order valence-corrected chi connectivity index (χ3v) is 4.00. The fourth-order valence-electron chi connectivity index (χ4n) is 2.62. The van der Waals surface area contributed by atoms with Crippen molar-refractivity contribution in [1.82, 2.24) is 4.98 Å². The summed E-state index contributed by atoms with van der Waals surface area (Å²) >= 11 is 0. The lowest BCUT2D eigenvalue weighted by molar-refractivity contribution is 0.242. The second kappa shape index (κ2) is 9.08. The number of hydrogen-bond donors (Lipinski definition) is 2. The molecule has 3 rings (SSSR count). The quantitative estimate of drug-likeness (QED) is 0.470. The van der Waals surface area contributed by atoms with Crippen LogP contribution in [0.15, 0.2) is 64.2 Å².